The highest BCUT2D eigenvalue weighted by molar-refractivity contribution is 6.42. The Hall–Kier alpha value is -0.640. The van der Waals surface area contributed by atoms with Crippen molar-refractivity contribution in [3.63, 3.8) is 0 Å². The van der Waals surface area contributed by atoms with Crippen LogP contribution in [0.25, 0.3) is 0 Å². The molecule has 100 valence electrons. The predicted octanol–water partition coefficient (Wildman–Crippen LogP) is 3.50. The van der Waals surface area contributed by atoms with Crippen LogP contribution >= 0.6 is 34.8 Å². The molecule has 1 N–H and O–H groups in total. The maximum Gasteiger partial charge on any atom is 0.237 e. The van der Waals surface area contributed by atoms with Gasteiger partial charge in [-0.1, -0.05) is 29.3 Å². The lowest BCUT2D eigenvalue weighted by Gasteiger charge is -2.17. The van der Waals surface area contributed by atoms with E-state index in [2.05, 4.69) is 5.32 Å². The lowest BCUT2D eigenvalue weighted by molar-refractivity contribution is -0.120. The molecule has 0 aliphatic heterocycles. The van der Waals surface area contributed by atoms with Gasteiger partial charge < -0.3 is 10.1 Å². The second-order valence-corrected chi connectivity index (χ2v) is 5.28. The first-order valence-corrected chi connectivity index (χ1v) is 6.63. The second kappa shape index (κ2) is 7.07. The van der Waals surface area contributed by atoms with Gasteiger partial charge in [-0.15, -0.1) is 11.6 Å². The van der Waals surface area contributed by atoms with Gasteiger partial charge >= 0.3 is 0 Å². The quantitative estimate of drug-likeness (QED) is 0.845. The molecule has 0 aliphatic carbocycles. The topological polar surface area (TPSA) is 38.3 Å². The average Bonchev–Trinajstić information content (AvgIpc) is 2.32. The zero-order valence-electron chi connectivity index (χ0n) is 10.0. The summed E-state index contributed by atoms with van der Waals surface area (Å²) in [6.07, 6.45) is -0.236. The van der Waals surface area contributed by atoms with E-state index in [1.807, 2.05) is 6.92 Å². The lowest BCUT2D eigenvalue weighted by Crippen LogP contribution is -2.37. The fraction of sp³-hybridized carbons (Fsp3) is 0.417. The van der Waals surface area contributed by atoms with Gasteiger partial charge in [0.25, 0.3) is 0 Å². The first-order chi connectivity index (χ1) is 8.41. The number of alkyl halides is 1. The Morgan fingerprint density at radius 1 is 1.39 bits per heavy atom. The van der Waals surface area contributed by atoms with E-state index in [1.54, 1.807) is 25.1 Å². The minimum Gasteiger partial charge on any atom is -0.487 e. The fourth-order valence-electron chi connectivity index (χ4n) is 1.22. The summed E-state index contributed by atoms with van der Waals surface area (Å²) in [7, 11) is 0. The van der Waals surface area contributed by atoms with E-state index in [1.165, 1.54) is 0 Å². The maximum atomic E-state index is 11.3. The largest absolute Gasteiger partial charge is 0.487 e. The van der Waals surface area contributed by atoms with Crippen LogP contribution in [-0.2, 0) is 4.79 Å². The molecule has 0 fully saturated rings. The van der Waals surface area contributed by atoms with Crippen LogP contribution in [0.5, 0.6) is 5.75 Å². The number of hydrogen-bond donors (Lipinski definition) is 1. The van der Waals surface area contributed by atoms with Crippen molar-refractivity contribution in [1.29, 1.82) is 0 Å². The number of benzene rings is 1. The van der Waals surface area contributed by atoms with Crippen molar-refractivity contribution in [2.45, 2.75) is 25.3 Å². The van der Waals surface area contributed by atoms with E-state index < -0.39 is 5.38 Å². The molecule has 1 aromatic carbocycles. The summed E-state index contributed by atoms with van der Waals surface area (Å²) in [5.74, 6) is 0.258. The number of carbonyl (C=O) groups is 1. The van der Waals surface area contributed by atoms with Gasteiger partial charge in [0, 0.05) is 0 Å². The number of ether oxygens (including phenoxy) is 1. The summed E-state index contributed by atoms with van der Waals surface area (Å²) in [5.41, 5.74) is 0. The van der Waals surface area contributed by atoms with Crippen LogP contribution in [0.4, 0.5) is 0 Å². The predicted molar refractivity (Wildman–Crippen MR) is 74.9 cm³/mol. The van der Waals surface area contributed by atoms with Crippen molar-refractivity contribution in [3.05, 3.63) is 28.2 Å². The Morgan fingerprint density at radius 3 is 2.67 bits per heavy atom. The molecular weight excluding hydrogens is 296 g/mol. The summed E-state index contributed by atoms with van der Waals surface area (Å²) >= 11 is 17.5. The summed E-state index contributed by atoms with van der Waals surface area (Å²) in [6, 6.07) is 5.14. The van der Waals surface area contributed by atoms with Crippen molar-refractivity contribution in [2.24, 2.45) is 0 Å². The summed E-state index contributed by atoms with van der Waals surface area (Å²) in [5, 5.41) is 2.90. The van der Waals surface area contributed by atoms with Gasteiger partial charge in [0.1, 0.15) is 22.3 Å². The van der Waals surface area contributed by atoms with Gasteiger partial charge in [-0.25, -0.2) is 0 Å². The normalized spacial score (nSPS) is 13.8. The number of amides is 1. The molecule has 0 saturated carbocycles. The molecule has 1 rings (SSSR count). The molecule has 1 aromatic rings. The Labute approximate surface area is 121 Å². The van der Waals surface area contributed by atoms with E-state index in [0.29, 0.717) is 22.3 Å². The van der Waals surface area contributed by atoms with Crippen molar-refractivity contribution >= 4 is 40.7 Å². The van der Waals surface area contributed by atoms with Crippen LogP contribution in [0.15, 0.2) is 18.2 Å². The summed E-state index contributed by atoms with van der Waals surface area (Å²) < 4.78 is 5.58. The number of hydrogen-bond acceptors (Lipinski definition) is 2. The molecule has 2 unspecified atom stereocenters. The van der Waals surface area contributed by atoms with Crippen LogP contribution in [0.1, 0.15) is 13.8 Å². The molecule has 6 heteroatoms. The van der Waals surface area contributed by atoms with Gasteiger partial charge in [0.15, 0.2) is 0 Å². The number of nitrogens with one attached hydrogen (secondary N) is 1. The van der Waals surface area contributed by atoms with Gasteiger partial charge in [-0.2, -0.15) is 0 Å². The second-order valence-electron chi connectivity index (χ2n) is 3.84. The first kappa shape index (κ1) is 15.4. The SMILES string of the molecule is CC(CNC(=O)C(C)Cl)Oc1cccc(Cl)c1Cl. The van der Waals surface area contributed by atoms with Crippen LogP contribution in [0.3, 0.4) is 0 Å². The molecule has 0 saturated heterocycles. The van der Waals surface area contributed by atoms with Crippen molar-refractivity contribution in [3.8, 4) is 5.75 Å². The first-order valence-electron chi connectivity index (χ1n) is 5.44. The van der Waals surface area contributed by atoms with E-state index in [4.69, 9.17) is 39.5 Å². The van der Waals surface area contributed by atoms with Crippen LogP contribution < -0.4 is 10.1 Å². The monoisotopic (exact) mass is 309 g/mol. The minimum atomic E-state index is -0.563. The third-order valence-electron chi connectivity index (χ3n) is 2.17. The van der Waals surface area contributed by atoms with Crippen LogP contribution in [-0.4, -0.2) is 23.9 Å². The highest BCUT2D eigenvalue weighted by atomic mass is 35.5. The van der Waals surface area contributed by atoms with Gasteiger partial charge in [-0.3, -0.25) is 4.79 Å². The Kier molecular flexibility index (Phi) is 6.06. The van der Waals surface area contributed by atoms with E-state index >= 15 is 0 Å². The molecule has 0 aromatic heterocycles. The fourth-order valence-corrected chi connectivity index (χ4v) is 1.63. The highest BCUT2D eigenvalue weighted by Gasteiger charge is 2.13. The summed E-state index contributed by atoms with van der Waals surface area (Å²) in [6.45, 7) is 3.77. The van der Waals surface area contributed by atoms with Gasteiger partial charge in [-0.05, 0) is 26.0 Å². The molecule has 0 spiro atoms. The van der Waals surface area contributed by atoms with E-state index in [9.17, 15) is 4.79 Å². The molecule has 0 aliphatic rings. The van der Waals surface area contributed by atoms with Crippen LogP contribution in [0, 0.1) is 0 Å². The number of halogens is 3. The third kappa shape index (κ3) is 4.56. The zero-order valence-corrected chi connectivity index (χ0v) is 12.3. The number of rotatable bonds is 5. The Balaban J connectivity index is 2.52. The third-order valence-corrected chi connectivity index (χ3v) is 3.17. The maximum absolute atomic E-state index is 11.3. The van der Waals surface area contributed by atoms with Gasteiger partial charge in [0.2, 0.25) is 5.91 Å². The smallest absolute Gasteiger partial charge is 0.237 e. The lowest BCUT2D eigenvalue weighted by atomic mass is 10.3. The van der Waals surface area contributed by atoms with E-state index in [0.717, 1.165) is 0 Å². The molecule has 0 bridgehead atoms. The molecule has 0 heterocycles. The van der Waals surface area contributed by atoms with Gasteiger partial charge in [0.05, 0.1) is 11.6 Å². The molecule has 2 atom stereocenters. The minimum absolute atomic E-state index is 0.232. The van der Waals surface area contributed by atoms with Crippen molar-refractivity contribution < 1.29 is 9.53 Å². The Bertz CT molecular complexity index is 424. The van der Waals surface area contributed by atoms with Crippen LogP contribution in [0.2, 0.25) is 10.0 Å². The standard InChI is InChI=1S/C12H14Cl3NO2/c1-7(6-16-12(17)8(2)13)18-10-5-3-4-9(14)11(10)15/h3-5,7-8H,6H2,1-2H3,(H,16,17). The zero-order chi connectivity index (χ0) is 13.7. The molecule has 0 radical (unpaired) electrons. The molecule has 3 nitrogen and oxygen atoms in total. The van der Waals surface area contributed by atoms with Crippen molar-refractivity contribution in [2.75, 3.05) is 6.54 Å². The Morgan fingerprint density at radius 2 is 2.06 bits per heavy atom. The average molecular weight is 311 g/mol. The van der Waals surface area contributed by atoms with E-state index in [-0.39, 0.29) is 12.0 Å². The molecular formula is C12H14Cl3NO2. The highest BCUT2D eigenvalue weighted by Crippen LogP contribution is 2.31. The van der Waals surface area contributed by atoms with Crippen molar-refractivity contribution in [1.82, 2.24) is 5.32 Å². The molecule has 18 heavy (non-hydrogen) atoms. The summed E-state index contributed by atoms with van der Waals surface area (Å²) in [4.78, 5) is 11.3. The number of carbonyl (C=O) groups excluding carboxylic acids is 1. The molecule has 1 amide bonds.